The third-order valence-corrected chi connectivity index (χ3v) is 2.83. The molecule has 1 N–H and O–H groups in total. The summed E-state index contributed by atoms with van der Waals surface area (Å²) in [5, 5.41) is 1.18. The summed E-state index contributed by atoms with van der Waals surface area (Å²) in [6.07, 6.45) is 2.56. The summed E-state index contributed by atoms with van der Waals surface area (Å²) in [5.41, 5.74) is 1.04. The normalized spacial score (nSPS) is 10.5. The highest BCUT2D eigenvalue weighted by Crippen LogP contribution is 2.27. The lowest BCUT2D eigenvalue weighted by molar-refractivity contribution is 0.321. The molecule has 0 fully saturated rings. The molecule has 0 saturated carbocycles. The highest BCUT2D eigenvalue weighted by molar-refractivity contribution is 6.34. The van der Waals surface area contributed by atoms with Crippen molar-refractivity contribution in [2.75, 3.05) is 6.61 Å². The predicted molar refractivity (Wildman–Crippen MR) is 69.0 cm³/mol. The summed E-state index contributed by atoms with van der Waals surface area (Å²) in [7, 11) is 0. The van der Waals surface area contributed by atoms with Crippen molar-refractivity contribution < 1.29 is 4.74 Å². The average Bonchev–Trinajstić information content (AvgIpc) is 2.69. The van der Waals surface area contributed by atoms with Crippen LogP contribution < -0.4 is 4.74 Å². The molecule has 0 saturated heterocycles. The molecule has 0 radical (unpaired) electrons. The smallest absolute Gasteiger partial charge is 0.139 e. The van der Waals surface area contributed by atoms with Crippen LogP contribution in [-0.2, 0) is 6.42 Å². The van der Waals surface area contributed by atoms with Crippen LogP contribution in [0.3, 0.4) is 0 Å². The first-order valence-electron chi connectivity index (χ1n) is 5.23. The van der Waals surface area contributed by atoms with E-state index in [1.165, 1.54) is 0 Å². The van der Waals surface area contributed by atoms with E-state index in [0.717, 1.165) is 17.9 Å². The molecule has 0 aliphatic rings. The molecule has 17 heavy (non-hydrogen) atoms. The lowest BCUT2D eigenvalue weighted by Crippen LogP contribution is -2.02. The molecule has 0 spiro atoms. The van der Waals surface area contributed by atoms with E-state index in [-0.39, 0.29) is 0 Å². The van der Waals surface area contributed by atoms with Crippen molar-refractivity contribution in [2.24, 2.45) is 0 Å². The summed E-state index contributed by atoms with van der Waals surface area (Å²) >= 11 is 11.8. The Labute approximate surface area is 110 Å². The van der Waals surface area contributed by atoms with Crippen molar-refractivity contribution in [1.82, 2.24) is 9.97 Å². The summed E-state index contributed by atoms with van der Waals surface area (Å²) in [6.45, 7) is 2.44. The Morgan fingerprint density at radius 1 is 1.35 bits per heavy atom. The van der Waals surface area contributed by atoms with Crippen LogP contribution in [0.15, 0.2) is 24.4 Å². The third-order valence-electron chi connectivity index (χ3n) is 2.28. The standard InChI is InChI=1S/C12H12Cl2N2O/c1-8-15-7-10(16-8)4-5-17-12-6-9(13)2-3-11(12)14/h2-3,6-7H,4-5H2,1H3,(H,15,16). The number of ether oxygens (including phenoxy) is 1. The van der Waals surface area contributed by atoms with Gasteiger partial charge >= 0.3 is 0 Å². The summed E-state index contributed by atoms with van der Waals surface area (Å²) in [4.78, 5) is 7.25. The van der Waals surface area contributed by atoms with Gasteiger partial charge in [0.1, 0.15) is 11.6 Å². The highest BCUT2D eigenvalue weighted by atomic mass is 35.5. The maximum Gasteiger partial charge on any atom is 0.139 e. The summed E-state index contributed by atoms with van der Waals surface area (Å²) < 4.78 is 5.57. The molecule has 0 amide bonds. The van der Waals surface area contributed by atoms with Gasteiger partial charge in [0.15, 0.2) is 0 Å². The average molecular weight is 271 g/mol. The second-order valence-corrected chi connectivity index (χ2v) is 4.51. The zero-order valence-electron chi connectivity index (χ0n) is 9.34. The molecule has 1 aromatic heterocycles. The molecule has 3 nitrogen and oxygen atoms in total. The Hall–Kier alpha value is -1.19. The van der Waals surface area contributed by atoms with E-state index in [1.54, 1.807) is 24.4 Å². The van der Waals surface area contributed by atoms with E-state index in [4.69, 9.17) is 27.9 Å². The van der Waals surface area contributed by atoms with Crippen LogP contribution in [0.5, 0.6) is 5.75 Å². The minimum Gasteiger partial charge on any atom is -0.492 e. The first kappa shape index (κ1) is 12.3. The highest BCUT2D eigenvalue weighted by Gasteiger charge is 2.03. The fraction of sp³-hybridized carbons (Fsp3) is 0.250. The number of nitrogens with zero attached hydrogens (tertiary/aromatic N) is 1. The van der Waals surface area contributed by atoms with Crippen LogP contribution in [-0.4, -0.2) is 16.6 Å². The molecular formula is C12H12Cl2N2O. The van der Waals surface area contributed by atoms with Crippen LogP contribution in [0.2, 0.25) is 10.0 Å². The number of hydrogen-bond donors (Lipinski definition) is 1. The Bertz CT molecular complexity index is 511. The number of nitrogens with one attached hydrogen (secondary N) is 1. The van der Waals surface area contributed by atoms with Gasteiger partial charge in [-0.1, -0.05) is 23.2 Å². The zero-order valence-corrected chi connectivity index (χ0v) is 10.8. The lowest BCUT2D eigenvalue weighted by atomic mass is 10.3. The predicted octanol–water partition coefficient (Wildman–Crippen LogP) is 3.65. The van der Waals surface area contributed by atoms with E-state index in [0.29, 0.717) is 22.4 Å². The summed E-state index contributed by atoms with van der Waals surface area (Å²) in [5.74, 6) is 1.51. The quantitative estimate of drug-likeness (QED) is 0.921. The monoisotopic (exact) mass is 270 g/mol. The number of benzene rings is 1. The number of aryl methyl sites for hydroxylation is 1. The molecule has 2 aromatic rings. The second-order valence-electron chi connectivity index (χ2n) is 3.67. The van der Waals surface area contributed by atoms with E-state index in [9.17, 15) is 0 Å². The fourth-order valence-electron chi connectivity index (χ4n) is 1.46. The fourth-order valence-corrected chi connectivity index (χ4v) is 1.79. The molecule has 0 atom stereocenters. The number of rotatable bonds is 4. The van der Waals surface area contributed by atoms with Crippen LogP contribution >= 0.6 is 23.2 Å². The summed E-state index contributed by atoms with van der Waals surface area (Å²) in [6, 6.07) is 5.16. The minimum absolute atomic E-state index is 0.529. The van der Waals surface area contributed by atoms with E-state index >= 15 is 0 Å². The van der Waals surface area contributed by atoms with Crippen molar-refractivity contribution in [3.63, 3.8) is 0 Å². The van der Waals surface area contributed by atoms with Gasteiger partial charge in [-0.2, -0.15) is 0 Å². The Kier molecular flexibility index (Phi) is 3.92. The Morgan fingerprint density at radius 3 is 2.88 bits per heavy atom. The van der Waals surface area contributed by atoms with Gasteiger partial charge in [0.25, 0.3) is 0 Å². The van der Waals surface area contributed by atoms with Gasteiger partial charge in [-0.25, -0.2) is 4.98 Å². The van der Waals surface area contributed by atoms with Crippen molar-refractivity contribution in [2.45, 2.75) is 13.3 Å². The van der Waals surface area contributed by atoms with Gasteiger partial charge < -0.3 is 9.72 Å². The molecule has 2 rings (SSSR count). The van der Waals surface area contributed by atoms with Gasteiger partial charge in [0, 0.05) is 29.4 Å². The first-order chi connectivity index (χ1) is 8.15. The largest absolute Gasteiger partial charge is 0.492 e. The van der Waals surface area contributed by atoms with Gasteiger partial charge in [-0.3, -0.25) is 0 Å². The second kappa shape index (κ2) is 5.43. The van der Waals surface area contributed by atoms with Crippen LogP contribution in [0.4, 0.5) is 0 Å². The molecule has 90 valence electrons. The van der Waals surface area contributed by atoms with Gasteiger partial charge in [0.05, 0.1) is 11.6 Å². The lowest BCUT2D eigenvalue weighted by Gasteiger charge is -2.07. The molecule has 0 aliphatic heterocycles. The number of aromatic nitrogens is 2. The molecule has 5 heteroatoms. The molecule has 1 heterocycles. The van der Waals surface area contributed by atoms with Crippen LogP contribution in [0.25, 0.3) is 0 Å². The molecule has 0 unspecified atom stereocenters. The number of imidazole rings is 1. The topological polar surface area (TPSA) is 37.9 Å². The van der Waals surface area contributed by atoms with Gasteiger partial charge in [-0.05, 0) is 19.1 Å². The Morgan fingerprint density at radius 2 is 2.18 bits per heavy atom. The van der Waals surface area contributed by atoms with E-state index in [1.807, 2.05) is 6.92 Å². The van der Waals surface area contributed by atoms with Crippen molar-refractivity contribution >= 4 is 23.2 Å². The minimum atomic E-state index is 0.529. The maximum atomic E-state index is 5.98. The molecule has 0 bridgehead atoms. The van der Waals surface area contributed by atoms with Crippen molar-refractivity contribution in [1.29, 1.82) is 0 Å². The Balaban J connectivity index is 1.91. The SMILES string of the molecule is Cc1ncc(CCOc2cc(Cl)ccc2Cl)[nH]1. The maximum absolute atomic E-state index is 5.98. The molecule has 0 aliphatic carbocycles. The van der Waals surface area contributed by atoms with Gasteiger partial charge in [0.2, 0.25) is 0 Å². The number of hydrogen-bond acceptors (Lipinski definition) is 2. The number of aromatic amines is 1. The number of halogens is 2. The van der Waals surface area contributed by atoms with Crippen LogP contribution in [0.1, 0.15) is 11.5 Å². The van der Waals surface area contributed by atoms with Crippen LogP contribution in [0, 0.1) is 6.92 Å². The first-order valence-corrected chi connectivity index (χ1v) is 5.99. The third kappa shape index (κ3) is 3.38. The zero-order chi connectivity index (χ0) is 12.3. The molecular weight excluding hydrogens is 259 g/mol. The molecule has 1 aromatic carbocycles. The van der Waals surface area contributed by atoms with Crippen molar-refractivity contribution in [3.8, 4) is 5.75 Å². The van der Waals surface area contributed by atoms with Gasteiger partial charge in [-0.15, -0.1) is 0 Å². The van der Waals surface area contributed by atoms with E-state index in [2.05, 4.69) is 9.97 Å². The number of H-pyrrole nitrogens is 1. The van der Waals surface area contributed by atoms with Crippen molar-refractivity contribution in [3.05, 3.63) is 46.0 Å². The van der Waals surface area contributed by atoms with E-state index < -0.39 is 0 Å².